The lowest BCUT2D eigenvalue weighted by molar-refractivity contribution is -0.119. The van der Waals surface area contributed by atoms with Crippen molar-refractivity contribution in [1.82, 2.24) is 10.9 Å². The number of benzene rings is 2. The Labute approximate surface area is 169 Å². The van der Waals surface area contributed by atoms with E-state index in [1.54, 1.807) is 0 Å². The zero-order valence-corrected chi connectivity index (χ0v) is 17.2. The summed E-state index contributed by atoms with van der Waals surface area (Å²) < 4.78 is 0. The first-order valence-corrected chi connectivity index (χ1v) is 10.2. The maximum Gasteiger partial charge on any atom is 0.248 e. The molecule has 0 radical (unpaired) electrons. The number of thioether (sulfide) groups is 1. The maximum atomic E-state index is 12.0. The van der Waals surface area contributed by atoms with E-state index >= 15 is 0 Å². The molecule has 2 rings (SSSR count). The number of anilines is 1. The van der Waals surface area contributed by atoms with Crippen LogP contribution in [0.2, 0.25) is 5.02 Å². The summed E-state index contributed by atoms with van der Waals surface area (Å²) in [5, 5.41) is 4.23. The molecule has 2 aromatic carbocycles. The molecule has 0 atom stereocenters. The monoisotopic (exact) mass is 407 g/mol. The largest absolute Gasteiger partial charge is 0.331 e. The molecule has 0 saturated heterocycles. The van der Waals surface area contributed by atoms with E-state index in [-0.39, 0.29) is 5.91 Å². The zero-order valence-electron chi connectivity index (χ0n) is 14.8. The summed E-state index contributed by atoms with van der Waals surface area (Å²) in [7, 11) is 0. The third-order valence-electron chi connectivity index (χ3n) is 3.74. The van der Waals surface area contributed by atoms with Crippen LogP contribution in [0.3, 0.4) is 0 Å². The van der Waals surface area contributed by atoms with E-state index in [0.29, 0.717) is 21.6 Å². The fourth-order valence-corrected chi connectivity index (χ4v) is 3.64. The number of hydrazine groups is 1. The SMILES string of the molecule is CCc1cccc(C)c1NC(=S)NNC(=O)CSCc1ccccc1Cl. The second-order valence-electron chi connectivity index (χ2n) is 5.67. The van der Waals surface area contributed by atoms with Gasteiger partial charge in [-0.2, -0.15) is 0 Å². The smallest absolute Gasteiger partial charge is 0.248 e. The molecule has 138 valence electrons. The molecule has 4 nitrogen and oxygen atoms in total. The molecule has 0 fully saturated rings. The van der Waals surface area contributed by atoms with Crippen molar-refractivity contribution in [1.29, 1.82) is 0 Å². The van der Waals surface area contributed by atoms with Gasteiger partial charge in [-0.1, -0.05) is 54.9 Å². The third kappa shape index (κ3) is 6.20. The number of para-hydroxylation sites is 1. The summed E-state index contributed by atoms with van der Waals surface area (Å²) in [4.78, 5) is 12.0. The molecule has 0 aliphatic rings. The highest BCUT2D eigenvalue weighted by atomic mass is 35.5. The van der Waals surface area contributed by atoms with Crippen LogP contribution in [-0.4, -0.2) is 16.8 Å². The normalized spacial score (nSPS) is 10.3. The van der Waals surface area contributed by atoms with Gasteiger partial charge in [0.05, 0.1) is 5.75 Å². The third-order valence-corrected chi connectivity index (χ3v) is 5.30. The quantitative estimate of drug-likeness (QED) is 0.487. The molecule has 0 aromatic heterocycles. The number of carbonyl (C=O) groups excluding carboxylic acids is 1. The number of thiocarbonyl (C=S) groups is 1. The summed E-state index contributed by atoms with van der Waals surface area (Å²) >= 11 is 12.9. The summed E-state index contributed by atoms with van der Waals surface area (Å²) in [6, 6.07) is 13.7. The number of nitrogens with one attached hydrogen (secondary N) is 3. The molecule has 0 spiro atoms. The first kappa shape index (κ1) is 20.6. The van der Waals surface area contributed by atoms with Crippen LogP contribution in [0.4, 0.5) is 5.69 Å². The first-order valence-electron chi connectivity index (χ1n) is 8.26. The van der Waals surface area contributed by atoms with E-state index in [4.69, 9.17) is 23.8 Å². The second-order valence-corrected chi connectivity index (χ2v) is 7.48. The highest BCUT2D eigenvalue weighted by Crippen LogP contribution is 2.21. The van der Waals surface area contributed by atoms with Gasteiger partial charge in [0.1, 0.15) is 0 Å². The molecular weight excluding hydrogens is 386 g/mol. The highest BCUT2D eigenvalue weighted by molar-refractivity contribution is 7.99. The molecule has 1 amide bonds. The van der Waals surface area contributed by atoms with Gasteiger partial charge in [-0.05, 0) is 48.3 Å². The van der Waals surface area contributed by atoms with Crippen molar-refractivity contribution >= 4 is 52.3 Å². The lowest BCUT2D eigenvalue weighted by Crippen LogP contribution is -2.44. The van der Waals surface area contributed by atoms with Crippen molar-refractivity contribution in [3.05, 3.63) is 64.2 Å². The van der Waals surface area contributed by atoms with E-state index < -0.39 is 0 Å². The number of aryl methyl sites for hydroxylation is 2. The Morgan fingerprint density at radius 1 is 1.12 bits per heavy atom. The van der Waals surface area contributed by atoms with Crippen LogP contribution in [0.1, 0.15) is 23.6 Å². The fourth-order valence-electron chi connectivity index (χ4n) is 2.38. The Morgan fingerprint density at radius 3 is 2.58 bits per heavy atom. The van der Waals surface area contributed by atoms with Crippen LogP contribution in [0.15, 0.2) is 42.5 Å². The average molecular weight is 408 g/mol. The van der Waals surface area contributed by atoms with Gasteiger partial charge < -0.3 is 5.32 Å². The molecule has 0 bridgehead atoms. The van der Waals surface area contributed by atoms with E-state index in [2.05, 4.69) is 29.2 Å². The van der Waals surface area contributed by atoms with Gasteiger partial charge in [0.15, 0.2) is 5.11 Å². The molecule has 7 heteroatoms. The first-order chi connectivity index (χ1) is 12.5. The van der Waals surface area contributed by atoms with Crippen molar-refractivity contribution < 1.29 is 4.79 Å². The number of hydrogen-bond donors (Lipinski definition) is 3. The molecule has 0 heterocycles. The number of amides is 1. The van der Waals surface area contributed by atoms with Crippen molar-refractivity contribution in [2.45, 2.75) is 26.0 Å². The molecule has 3 N–H and O–H groups in total. The summed E-state index contributed by atoms with van der Waals surface area (Å²) in [5.74, 6) is 0.844. The van der Waals surface area contributed by atoms with Crippen LogP contribution in [0, 0.1) is 6.92 Å². The van der Waals surface area contributed by atoms with Gasteiger partial charge in [-0.3, -0.25) is 15.6 Å². The molecule has 2 aromatic rings. The standard InChI is InChI=1S/C19H22ClN3OS2/c1-3-14-9-6-7-13(2)18(14)21-19(25)23-22-17(24)12-26-11-15-8-4-5-10-16(15)20/h4-10H,3,11-12H2,1-2H3,(H,22,24)(H2,21,23,25). The lowest BCUT2D eigenvalue weighted by Gasteiger charge is -2.16. The average Bonchev–Trinajstić information content (AvgIpc) is 2.63. The molecule has 0 unspecified atom stereocenters. The van der Waals surface area contributed by atoms with Gasteiger partial charge in [0.25, 0.3) is 0 Å². The summed E-state index contributed by atoms with van der Waals surface area (Å²) in [6.45, 7) is 4.11. The van der Waals surface area contributed by atoms with Crippen LogP contribution >= 0.6 is 35.6 Å². The zero-order chi connectivity index (χ0) is 18.9. The predicted octanol–water partition coefficient (Wildman–Crippen LogP) is 4.46. The van der Waals surface area contributed by atoms with Crippen molar-refractivity contribution in [2.75, 3.05) is 11.1 Å². The highest BCUT2D eigenvalue weighted by Gasteiger charge is 2.08. The minimum absolute atomic E-state index is 0.147. The van der Waals surface area contributed by atoms with Crippen molar-refractivity contribution in [3.63, 3.8) is 0 Å². The van der Waals surface area contributed by atoms with Crippen LogP contribution in [0.5, 0.6) is 0 Å². The van der Waals surface area contributed by atoms with Gasteiger partial charge in [0, 0.05) is 16.5 Å². The minimum atomic E-state index is -0.147. The van der Waals surface area contributed by atoms with Crippen LogP contribution in [0.25, 0.3) is 0 Å². The number of hydrogen-bond acceptors (Lipinski definition) is 3. The van der Waals surface area contributed by atoms with Crippen LogP contribution in [-0.2, 0) is 17.0 Å². The van der Waals surface area contributed by atoms with E-state index in [9.17, 15) is 4.79 Å². The lowest BCUT2D eigenvalue weighted by atomic mass is 10.1. The van der Waals surface area contributed by atoms with E-state index in [0.717, 1.165) is 23.2 Å². The van der Waals surface area contributed by atoms with E-state index in [1.165, 1.54) is 17.3 Å². The maximum absolute atomic E-state index is 12.0. The van der Waals surface area contributed by atoms with Gasteiger partial charge in [-0.25, -0.2) is 0 Å². The second kappa shape index (κ2) is 10.4. The topological polar surface area (TPSA) is 53.2 Å². The fraction of sp³-hybridized carbons (Fsp3) is 0.263. The summed E-state index contributed by atoms with van der Waals surface area (Å²) in [5.41, 5.74) is 9.65. The number of halogens is 1. The Kier molecular flexibility index (Phi) is 8.22. The van der Waals surface area contributed by atoms with E-state index in [1.807, 2.05) is 43.3 Å². The molecule has 0 aliphatic heterocycles. The Balaban J connectivity index is 1.75. The predicted molar refractivity (Wildman–Crippen MR) is 116 cm³/mol. The molecule has 0 saturated carbocycles. The van der Waals surface area contributed by atoms with Crippen molar-refractivity contribution in [2.24, 2.45) is 0 Å². The van der Waals surface area contributed by atoms with Gasteiger partial charge >= 0.3 is 0 Å². The van der Waals surface area contributed by atoms with Gasteiger partial charge in [0.2, 0.25) is 5.91 Å². The van der Waals surface area contributed by atoms with Gasteiger partial charge in [-0.15, -0.1) is 11.8 Å². The molecular formula is C19H22ClN3OS2. The summed E-state index contributed by atoms with van der Waals surface area (Å²) in [6.07, 6.45) is 0.900. The Bertz CT molecular complexity index is 783. The molecule has 0 aliphatic carbocycles. The number of rotatable bonds is 6. The number of carbonyl (C=O) groups is 1. The molecule has 26 heavy (non-hydrogen) atoms. The Hall–Kier alpha value is -1.76. The Morgan fingerprint density at radius 2 is 1.85 bits per heavy atom. The van der Waals surface area contributed by atoms with Crippen LogP contribution < -0.4 is 16.2 Å². The van der Waals surface area contributed by atoms with Crippen molar-refractivity contribution in [3.8, 4) is 0 Å². The minimum Gasteiger partial charge on any atom is -0.331 e.